The summed E-state index contributed by atoms with van der Waals surface area (Å²) in [4.78, 5) is 16.4. The van der Waals surface area contributed by atoms with Crippen molar-refractivity contribution >= 4 is 17.3 Å². The van der Waals surface area contributed by atoms with E-state index in [4.69, 9.17) is 9.97 Å². The van der Waals surface area contributed by atoms with Gasteiger partial charge in [-0.2, -0.15) is 0 Å². The number of benzene rings is 3. The van der Waals surface area contributed by atoms with Crippen molar-refractivity contribution in [1.29, 1.82) is 0 Å². The lowest BCUT2D eigenvalue weighted by molar-refractivity contribution is 1.10. The van der Waals surface area contributed by atoms with Crippen molar-refractivity contribution in [3.05, 3.63) is 122 Å². The topological polar surface area (TPSA) is 41.9 Å². The smallest absolute Gasteiger partial charge is 0.158 e. The summed E-state index contributed by atoms with van der Waals surface area (Å²) in [5.41, 5.74) is 4.79. The summed E-state index contributed by atoms with van der Waals surface area (Å²) < 4.78 is 0. The third-order valence-corrected chi connectivity index (χ3v) is 4.97. The number of hydrogen-bond acceptors (Lipinski definition) is 4. The van der Waals surface area contributed by atoms with Gasteiger partial charge in [-0.05, 0) is 24.3 Å². The van der Waals surface area contributed by atoms with Gasteiger partial charge < -0.3 is 0 Å². The molecule has 0 spiro atoms. The number of rotatable bonds is 5. The van der Waals surface area contributed by atoms with Crippen molar-refractivity contribution in [3.63, 3.8) is 0 Å². The van der Waals surface area contributed by atoms with E-state index in [2.05, 4.69) is 17.1 Å². The molecule has 0 bridgehead atoms. The molecule has 2 aromatic heterocycles. The second-order valence-corrected chi connectivity index (χ2v) is 7.05. The summed E-state index contributed by atoms with van der Waals surface area (Å²) in [6, 6.07) is 36.4. The quantitative estimate of drug-likeness (QED) is 0.330. The average molecular weight is 400 g/mol. The van der Waals surface area contributed by atoms with Crippen LogP contribution in [0.4, 0.5) is 17.3 Å². The third kappa shape index (κ3) is 4.05. The Labute approximate surface area is 181 Å². The van der Waals surface area contributed by atoms with Crippen molar-refractivity contribution in [2.24, 2.45) is 0 Å². The van der Waals surface area contributed by atoms with Crippen LogP contribution in [0, 0.1) is 0 Å². The molecule has 0 aliphatic carbocycles. The molecule has 5 rings (SSSR count). The maximum Gasteiger partial charge on any atom is 0.158 e. The van der Waals surface area contributed by atoms with Crippen LogP contribution in [0.15, 0.2) is 122 Å². The van der Waals surface area contributed by atoms with E-state index in [1.165, 1.54) is 0 Å². The van der Waals surface area contributed by atoms with Crippen LogP contribution in [-0.2, 0) is 0 Å². The van der Waals surface area contributed by atoms with Crippen LogP contribution in [-0.4, -0.2) is 15.0 Å². The van der Waals surface area contributed by atoms with Gasteiger partial charge in [0.15, 0.2) is 5.82 Å². The molecule has 0 N–H and O–H groups in total. The summed E-state index contributed by atoms with van der Waals surface area (Å²) in [5.74, 6) is 1.50. The molecule has 0 aliphatic rings. The number of hydrogen-bond donors (Lipinski definition) is 0. The van der Waals surface area contributed by atoms with Gasteiger partial charge in [0.25, 0.3) is 0 Å². The normalized spacial score (nSPS) is 10.6. The summed E-state index contributed by atoms with van der Waals surface area (Å²) in [6.45, 7) is 0. The second-order valence-electron chi connectivity index (χ2n) is 7.05. The van der Waals surface area contributed by atoms with Crippen molar-refractivity contribution < 1.29 is 0 Å². The molecule has 0 fully saturated rings. The molecule has 0 unspecified atom stereocenters. The average Bonchev–Trinajstić information content (AvgIpc) is 2.86. The zero-order valence-corrected chi connectivity index (χ0v) is 16.8. The van der Waals surface area contributed by atoms with Crippen LogP contribution >= 0.6 is 0 Å². The molecule has 3 aromatic carbocycles. The first-order valence-corrected chi connectivity index (χ1v) is 10.1. The Balaban J connectivity index is 1.63. The highest BCUT2D eigenvalue weighted by Gasteiger charge is 2.17. The molecule has 0 amide bonds. The van der Waals surface area contributed by atoms with E-state index in [0.29, 0.717) is 5.82 Å². The Kier molecular flexibility index (Phi) is 5.18. The van der Waals surface area contributed by atoms with E-state index in [0.717, 1.165) is 34.0 Å². The fourth-order valence-electron chi connectivity index (χ4n) is 3.49. The van der Waals surface area contributed by atoms with Gasteiger partial charge in [0, 0.05) is 16.8 Å². The Bertz CT molecular complexity index is 1190. The number of aromatic nitrogens is 3. The Hall–Kier alpha value is -4.31. The van der Waals surface area contributed by atoms with Gasteiger partial charge in [0.2, 0.25) is 0 Å². The van der Waals surface area contributed by atoms with Crippen LogP contribution in [0.3, 0.4) is 0 Å². The van der Waals surface area contributed by atoms with E-state index >= 15 is 0 Å². The minimum absolute atomic E-state index is 0.713. The number of anilines is 3. The monoisotopic (exact) mass is 400 g/mol. The van der Waals surface area contributed by atoms with Crippen LogP contribution < -0.4 is 4.90 Å². The third-order valence-electron chi connectivity index (χ3n) is 4.97. The summed E-state index contributed by atoms with van der Waals surface area (Å²) >= 11 is 0. The number of nitrogens with zero attached hydrogens (tertiary/aromatic N) is 4. The summed E-state index contributed by atoms with van der Waals surface area (Å²) in [7, 11) is 0. The lowest BCUT2D eigenvalue weighted by Crippen LogP contribution is -2.14. The van der Waals surface area contributed by atoms with Crippen molar-refractivity contribution in [2.75, 3.05) is 4.90 Å². The molecular formula is C27H20N4. The molecule has 4 heteroatoms. The van der Waals surface area contributed by atoms with Crippen LogP contribution in [0.5, 0.6) is 0 Å². The molecule has 148 valence electrons. The molecule has 0 atom stereocenters. The first-order chi connectivity index (χ1) is 15.4. The zero-order valence-electron chi connectivity index (χ0n) is 16.8. The first kappa shape index (κ1) is 18.7. The van der Waals surface area contributed by atoms with Gasteiger partial charge in [-0.25, -0.2) is 9.97 Å². The van der Waals surface area contributed by atoms with Crippen LogP contribution in [0.2, 0.25) is 0 Å². The number of para-hydroxylation sites is 1. The van der Waals surface area contributed by atoms with E-state index in [-0.39, 0.29) is 0 Å². The van der Waals surface area contributed by atoms with Crippen molar-refractivity contribution in [1.82, 2.24) is 15.0 Å². The fraction of sp³-hybridized carbons (Fsp3) is 0. The standard InChI is InChI=1S/C27H20N4/c1-4-11-21(12-5-1)24-17-10-18-26(29-24)31(23-15-8-3-9-16-23)27-20-28-19-25(30-27)22-13-6-2-7-14-22/h1-20H. The molecule has 0 aliphatic heterocycles. The maximum atomic E-state index is 4.96. The van der Waals surface area contributed by atoms with Crippen LogP contribution in [0.1, 0.15) is 0 Å². The van der Waals surface area contributed by atoms with Gasteiger partial charge >= 0.3 is 0 Å². The molecule has 0 radical (unpaired) electrons. The highest BCUT2D eigenvalue weighted by atomic mass is 15.2. The SMILES string of the molecule is c1ccc(-c2cccc(N(c3ccccc3)c3cncc(-c4ccccc4)n3)n2)cc1. The molecule has 0 saturated heterocycles. The van der Waals surface area contributed by atoms with Gasteiger partial charge in [0.1, 0.15) is 5.82 Å². The minimum Gasteiger partial charge on any atom is -0.278 e. The van der Waals surface area contributed by atoms with Crippen molar-refractivity contribution in [2.45, 2.75) is 0 Å². The maximum absolute atomic E-state index is 4.96. The summed E-state index contributed by atoms with van der Waals surface area (Å²) in [6.07, 6.45) is 3.56. The molecule has 2 heterocycles. The van der Waals surface area contributed by atoms with Gasteiger partial charge in [-0.15, -0.1) is 0 Å². The largest absolute Gasteiger partial charge is 0.278 e. The Morgan fingerprint density at radius 1 is 0.452 bits per heavy atom. The van der Waals surface area contributed by atoms with Crippen LogP contribution in [0.25, 0.3) is 22.5 Å². The minimum atomic E-state index is 0.713. The molecular weight excluding hydrogens is 380 g/mol. The predicted molar refractivity (Wildman–Crippen MR) is 125 cm³/mol. The first-order valence-electron chi connectivity index (χ1n) is 10.1. The Morgan fingerprint density at radius 2 is 1.03 bits per heavy atom. The van der Waals surface area contributed by atoms with E-state index in [9.17, 15) is 0 Å². The fourth-order valence-corrected chi connectivity index (χ4v) is 3.49. The number of pyridine rings is 1. The summed E-state index contributed by atoms with van der Waals surface area (Å²) in [5, 5.41) is 0. The second kappa shape index (κ2) is 8.59. The Morgan fingerprint density at radius 3 is 1.71 bits per heavy atom. The molecule has 5 aromatic rings. The van der Waals surface area contributed by atoms with Crippen molar-refractivity contribution in [3.8, 4) is 22.5 Å². The van der Waals surface area contributed by atoms with E-state index < -0.39 is 0 Å². The van der Waals surface area contributed by atoms with E-state index in [1.54, 1.807) is 12.4 Å². The van der Waals surface area contributed by atoms with Gasteiger partial charge in [0.05, 0.1) is 23.8 Å². The lowest BCUT2D eigenvalue weighted by atomic mass is 10.1. The molecule has 4 nitrogen and oxygen atoms in total. The van der Waals surface area contributed by atoms with Gasteiger partial charge in [-0.3, -0.25) is 9.88 Å². The van der Waals surface area contributed by atoms with E-state index in [1.807, 2.05) is 102 Å². The predicted octanol–water partition coefficient (Wildman–Crippen LogP) is 6.68. The molecule has 31 heavy (non-hydrogen) atoms. The highest BCUT2D eigenvalue weighted by Crippen LogP contribution is 2.33. The molecule has 0 saturated carbocycles. The highest BCUT2D eigenvalue weighted by molar-refractivity contribution is 5.74. The lowest BCUT2D eigenvalue weighted by Gasteiger charge is -2.23. The van der Waals surface area contributed by atoms with Gasteiger partial charge in [-0.1, -0.05) is 84.9 Å². The zero-order chi connectivity index (χ0) is 20.9.